The molecular weight excluding hydrogens is 502 g/mol. The Morgan fingerprint density at radius 1 is 1.11 bits per heavy atom. The third-order valence-electron chi connectivity index (χ3n) is 6.92. The summed E-state index contributed by atoms with van der Waals surface area (Å²) in [4.78, 5) is 11.8. The molecule has 0 radical (unpaired) electrons. The van der Waals surface area contributed by atoms with E-state index in [1.54, 1.807) is 26.0 Å². The molecule has 0 aromatic heterocycles. The summed E-state index contributed by atoms with van der Waals surface area (Å²) in [7, 11) is -1.68. The van der Waals surface area contributed by atoms with Crippen LogP contribution in [0.4, 0.5) is 0 Å². The standard InChI is InChI=1S/C30H31NO6S/c1-17-12-20(36-11-10-30(3,4)34)13-18(2)28(17)23-7-5-6-21-24(16-37-29(21)23)19-8-9-22(25(32)14-19)26-15-27(33)31-38(26)35/h5-9,12-15,24,32,34H,10-11,16H2,1-4H3,(H,31,33). The Hall–Kier alpha value is -3.62. The summed E-state index contributed by atoms with van der Waals surface area (Å²) in [6.07, 6.45) is 1.79. The lowest BCUT2D eigenvalue weighted by Gasteiger charge is -2.19. The van der Waals surface area contributed by atoms with E-state index in [1.807, 2.05) is 30.3 Å². The lowest BCUT2D eigenvalue weighted by atomic mass is 9.88. The van der Waals surface area contributed by atoms with Gasteiger partial charge in [0.2, 0.25) is 0 Å². The number of aromatic hydroxyl groups is 1. The second-order valence-corrected chi connectivity index (χ2v) is 11.6. The molecule has 3 N–H and O–H groups in total. The molecule has 2 aliphatic rings. The third-order valence-corrected chi connectivity index (χ3v) is 8.04. The van der Waals surface area contributed by atoms with Crippen molar-refractivity contribution >= 4 is 21.8 Å². The van der Waals surface area contributed by atoms with Crippen molar-refractivity contribution in [1.82, 2.24) is 4.72 Å². The smallest absolute Gasteiger partial charge is 0.257 e. The van der Waals surface area contributed by atoms with Crippen LogP contribution in [0.3, 0.4) is 0 Å². The first-order chi connectivity index (χ1) is 18.0. The van der Waals surface area contributed by atoms with Gasteiger partial charge in [-0.15, -0.1) is 0 Å². The summed E-state index contributed by atoms with van der Waals surface area (Å²) in [5, 5.41) is 20.7. The Labute approximate surface area is 224 Å². The molecule has 2 aliphatic heterocycles. The van der Waals surface area contributed by atoms with E-state index in [9.17, 15) is 19.2 Å². The fraction of sp³-hybridized carbons (Fsp3) is 0.300. The predicted molar refractivity (Wildman–Crippen MR) is 147 cm³/mol. The van der Waals surface area contributed by atoms with Crippen molar-refractivity contribution in [3.05, 3.63) is 82.4 Å². The molecule has 0 spiro atoms. The molecule has 2 heterocycles. The summed E-state index contributed by atoms with van der Waals surface area (Å²) in [6, 6.07) is 15.4. The minimum absolute atomic E-state index is 0.0323. The number of amides is 1. The molecule has 8 heteroatoms. The number of fused-ring (bicyclic) bond motifs is 1. The highest BCUT2D eigenvalue weighted by Gasteiger charge is 2.30. The van der Waals surface area contributed by atoms with Crippen molar-refractivity contribution in [3.63, 3.8) is 0 Å². The largest absolute Gasteiger partial charge is 0.507 e. The number of carbonyl (C=O) groups excluding carboxylic acids is 1. The van der Waals surface area contributed by atoms with Crippen molar-refractivity contribution in [3.8, 4) is 28.4 Å². The maximum Gasteiger partial charge on any atom is 0.257 e. The number of benzene rings is 3. The predicted octanol–water partition coefficient (Wildman–Crippen LogP) is 4.87. The number of hydrogen-bond acceptors (Lipinski definition) is 6. The zero-order valence-electron chi connectivity index (χ0n) is 21.8. The Morgan fingerprint density at radius 3 is 2.47 bits per heavy atom. The van der Waals surface area contributed by atoms with E-state index in [2.05, 4.69) is 24.6 Å². The molecule has 0 saturated carbocycles. The van der Waals surface area contributed by atoms with Crippen molar-refractivity contribution in [2.75, 3.05) is 13.2 Å². The lowest BCUT2D eigenvalue weighted by molar-refractivity contribution is -0.114. The molecule has 198 valence electrons. The minimum atomic E-state index is -1.68. The van der Waals surface area contributed by atoms with Gasteiger partial charge in [0.25, 0.3) is 5.91 Å². The molecule has 7 nitrogen and oxygen atoms in total. The molecular formula is C30H31NO6S. The molecule has 0 aliphatic carbocycles. The maximum absolute atomic E-state index is 12.1. The SMILES string of the molecule is Cc1cc(OCCC(C)(C)O)cc(C)c1-c1cccc2c1OCC2c1ccc(C2=CC(=O)NS2=O)c(O)c1. The fourth-order valence-electron chi connectivity index (χ4n) is 5.07. The van der Waals surface area contributed by atoms with Gasteiger partial charge < -0.3 is 19.7 Å². The van der Waals surface area contributed by atoms with Crippen molar-refractivity contribution in [2.45, 2.75) is 45.6 Å². The normalized spacial score (nSPS) is 18.6. The van der Waals surface area contributed by atoms with Crippen LogP contribution < -0.4 is 14.2 Å². The zero-order chi connectivity index (χ0) is 27.2. The molecule has 5 rings (SSSR count). The Balaban J connectivity index is 1.44. The molecule has 1 amide bonds. The van der Waals surface area contributed by atoms with Crippen LogP contribution in [-0.2, 0) is 15.8 Å². The Bertz CT molecular complexity index is 1460. The van der Waals surface area contributed by atoms with Crippen LogP contribution in [0.25, 0.3) is 16.0 Å². The second-order valence-electron chi connectivity index (χ2n) is 10.5. The Kier molecular flexibility index (Phi) is 6.79. The molecule has 0 fully saturated rings. The minimum Gasteiger partial charge on any atom is -0.507 e. The molecule has 3 aromatic rings. The summed E-state index contributed by atoms with van der Waals surface area (Å²) in [5.41, 5.74) is 5.70. The second kappa shape index (κ2) is 9.93. The van der Waals surface area contributed by atoms with Gasteiger partial charge in [-0.1, -0.05) is 24.3 Å². The zero-order valence-corrected chi connectivity index (χ0v) is 22.6. The number of carbonyl (C=O) groups is 1. The summed E-state index contributed by atoms with van der Waals surface area (Å²) < 4.78 is 26.6. The van der Waals surface area contributed by atoms with Gasteiger partial charge in [-0.25, -0.2) is 4.21 Å². The van der Waals surface area contributed by atoms with Gasteiger partial charge >= 0.3 is 0 Å². The summed E-state index contributed by atoms with van der Waals surface area (Å²) in [6.45, 7) is 8.49. The highest BCUT2D eigenvalue weighted by atomic mass is 32.2. The van der Waals surface area contributed by atoms with E-state index < -0.39 is 22.5 Å². The van der Waals surface area contributed by atoms with Gasteiger partial charge in [-0.05, 0) is 74.2 Å². The molecule has 0 bridgehead atoms. The third kappa shape index (κ3) is 5.06. The molecule has 38 heavy (non-hydrogen) atoms. The van der Waals surface area contributed by atoms with Gasteiger partial charge in [-0.3, -0.25) is 9.52 Å². The molecule has 3 aromatic carbocycles. The maximum atomic E-state index is 12.1. The highest BCUT2D eigenvalue weighted by molar-refractivity contribution is 7.94. The molecule has 0 saturated heterocycles. The van der Waals surface area contributed by atoms with Crippen LogP contribution in [0.15, 0.2) is 54.6 Å². The van der Waals surface area contributed by atoms with E-state index in [0.717, 1.165) is 44.9 Å². The number of ether oxygens (including phenoxy) is 2. The van der Waals surface area contributed by atoms with Crippen LogP contribution in [0.1, 0.15) is 54.0 Å². The van der Waals surface area contributed by atoms with Gasteiger partial charge in [0.1, 0.15) is 17.2 Å². The van der Waals surface area contributed by atoms with Gasteiger partial charge in [0.05, 0.1) is 23.7 Å². The van der Waals surface area contributed by atoms with E-state index in [4.69, 9.17) is 9.47 Å². The van der Waals surface area contributed by atoms with Crippen LogP contribution in [0, 0.1) is 13.8 Å². The first-order valence-electron chi connectivity index (χ1n) is 12.5. The lowest BCUT2D eigenvalue weighted by Crippen LogP contribution is -2.21. The Morgan fingerprint density at radius 2 is 1.84 bits per heavy atom. The number of hydrogen-bond donors (Lipinski definition) is 3. The highest BCUT2D eigenvalue weighted by Crippen LogP contribution is 2.47. The van der Waals surface area contributed by atoms with E-state index in [-0.39, 0.29) is 16.6 Å². The van der Waals surface area contributed by atoms with Gasteiger partial charge in [0.15, 0.2) is 11.0 Å². The van der Waals surface area contributed by atoms with Gasteiger partial charge in [0, 0.05) is 35.1 Å². The molecule has 2 unspecified atom stereocenters. The van der Waals surface area contributed by atoms with E-state index in [0.29, 0.717) is 25.2 Å². The number of para-hydroxylation sites is 1. The topological polar surface area (TPSA) is 105 Å². The first-order valence-corrected chi connectivity index (χ1v) is 13.7. The number of aliphatic hydroxyl groups is 1. The first kappa shape index (κ1) is 26.0. The van der Waals surface area contributed by atoms with E-state index >= 15 is 0 Å². The monoisotopic (exact) mass is 533 g/mol. The van der Waals surface area contributed by atoms with Crippen LogP contribution in [-0.4, -0.2) is 39.1 Å². The molecule has 2 atom stereocenters. The van der Waals surface area contributed by atoms with Crippen molar-refractivity contribution in [1.29, 1.82) is 0 Å². The van der Waals surface area contributed by atoms with Crippen molar-refractivity contribution in [2.24, 2.45) is 0 Å². The number of nitrogens with one attached hydrogen (secondary N) is 1. The van der Waals surface area contributed by atoms with Crippen LogP contribution in [0.5, 0.6) is 17.2 Å². The summed E-state index contributed by atoms with van der Waals surface area (Å²) >= 11 is 0. The number of phenols is 1. The fourth-order valence-corrected chi connectivity index (χ4v) is 6.01. The van der Waals surface area contributed by atoms with Crippen LogP contribution >= 0.6 is 0 Å². The van der Waals surface area contributed by atoms with Gasteiger partial charge in [-0.2, -0.15) is 0 Å². The van der Waals surface area contributed by atoms with E-state index in [1.165, 1.54) is 6.08 Å². The quantitative estimate of drug-likeness (QED) is 0.400. The average molecular weight is 534 g/mol. The number of aryl methyl sites for hydroxylation is 2. The van der Waals surface area contributed by atoms with Crippen LogP contribution in [0.2, 0.25) is 0 Å². The number of rotatable bonds is 7. The number of phenolic OH excluding ortho intramolecular Hbond substituents is 1. The summed E-state index contributed by atoms with van der Waals surface area (Å²) in [5.74, 6) is 1.03. The van der Waals surface area contributed by atoms with Crippen molar-refractivity contribution < 1.29 is 28.7 Å². The average Bonchev–Trinajstić information content (AvgIpc) is 3.40.